The molecule has 1 fully saturated rings. The van der Waals surface area contributed by atoms with Crippen LogP contribution in [0.15, 0.2) is 60.9 Å². The third-order valence-corrected chi connectivity index (χ3v) is 5.75. The zero-order valence-corrected chi connectivity index (χ0v) is 18.1. The number of para-hydroxylation sites is 1. The molecule has 2 amide bonds. The van der Waals surface area contributed by atoms with Crippen LogP contribution < -0.4 is 10.1 Å². The van der Waals surface area contributed by atoms with Crippen molar-refractivity contribution in [3.05, 3.63) is 77.1 Å². The summed E-state index contributed by atoms with van der Waals surface area (Å²) in [6.07, 6.45) is 6.88. The predicted octanol–water partition coefficient (Wildman–Crippen LogP) is 5.02. The number of carbonyl (C=O) groups is 2. The topological polar surface area (TPSA) is 63.6 Å². The second-order valence-corrected chi connectivity index (χ2v) is 7.85. The fourth-order valence-corrected chi connectivity index (χ4v) is 4.08. The van der Waals surface area contributed by atoms with Gasteiger partial charge in [-0.1, -0.05) is 23.7 Å². The molecule has 2 aromatic carbocycles. The van der Waals surface area contributed by atoms with Gasteiger partial charge in [0, 0.05) is 31.5 Å². The quantitative estimate of drug-likeness (QED) is 0.609. The Morgan fingerprint density at radius 3 is 2.39 bits per heavy atom. The highest BCUT2D eigenvalue weighted by Gasteiger charge is 2.23. The van der Waals surface area contributed by atoms with E-state index in [1.165, 1.54) is 7.11 Å². The minimum Gasteiger partial charge on any atom is -0.496 e. The van der Waals surface area contributed by atoms with E-state index in [-0.39, 0.29) is 5.91 Å². The highest BCUT2D eigenvalue weighted by molar-refractivity contribution is 6.33. The molecule has 1 saturated heterocycles. The van der Waals surface area contributed by atoms with Gasteiger partial charge in [-0.2, -0.15) is 0 Å². The lowest BCUT2D eigenvalue weighted by Crippen LogP contribution is -2.36. The maximum absolute atomic E-state index is 13.1. The first-order valence-corrected chi connectivity index (χ1v) is 10.7. The van der Waals surface area contributed by atoms with Crippen LogP contribution in [0, 0.1) is 0 Å². The van der Waals surface area contributed by atoms with Crippen molar-refractivity contribution in [1.82, 2.24) is 9.47 Å². The fourth-order valence-electron chi connectivity index (χ4n) is 3.82. The van der Waals surface area contributed by atoms with Crippen molar-refractivity contribution < 1.29 is 14.3 Å². The number of anilines is 1. The van der Waals surface area contributed by atoms with Crippen LogP contribution in [0.4, 0.5) is 5.69 Å². The van der Waals surface area contributed by atoms with Crippen molar-refractivity contribution in [1.29, 1.82) is 0 Å². The van der Waals surface area contributed by atoms with Crippen LogP contribution in [0.3, 0.4) is 0 Å². The molecular weight excluding hydrogens is 414 g/mol. The summed E-state index contributed by atoms with van der Waals surface area (Å²) in [5, 5.41) is 3.29. The Morgan fingerprint density at radius 2 is 1.68 bits per heavy atom. The molecule has 0 bridgehead atoms. The molecule has 1 aliphatic heterocycles. The molecule has 0 atom stereocenters. The number of carbonyl (C=O) groups excluding carboxylic acids is 2. The van der Waals surface area contributed by atoms with Gasteiger partial charge >= 0.3 is 0 Å². The summed E-state index contributed by atoms with van der Waals surface area (Å²) in [6, 6.07) is 14.2. The molecule has 160 valence electrons. The van der Waals surface area contributed by atoms with E-state index in [0.717, 1.165) is 32.4 Å². The monoisotopic (exact) mass is 437 g/mol. The van der Waals surface area contributed by atoms with Crippen LogP contribution in [-0.2, 0) is 0 Å². The predicted molar refractivity (Wildman–Crippen MR) is 121 cm³/mol. The number of benzene rings is 2. The minimum atomic E-state index is -0.392. The van der Waals surface area contributed by atoms with E-state index in [2.05, 4.69) is 5.32 Å². The van der Waals surface area contributed by atoms with Gasteiger partial charge in [-0.15, -0.1) is 0 Å². The molecule has 0 saturated carbocycles. The third kappa shape index (κ3) is 4.44. The molecule has 2 heterocycles. The summed E-state index contributed by atoms with van der Waals surface area (Å²) in [4.78, 5) is 28.0. The molecule has 3 aromatic rings. The number of likely N-dealkylation sites (tertiary alicyclic amines) is 1. The van der Waals surface area contributed by atoms with E-state index >= 15 is 0 Å². The lowest BCUT2D eigenvalue weighted by atomic mass is 10.1. The molecule has 1 aliphatic rings. The number of hydrogen-bond donors (Lipinski definition) is 1. The van der Waals surface area contributed by atoms with Gasteiger partial charge in [-0.25, -0.2) is 0 Å². The van der Waals surface area contributed by atoms with Gasteiger partial charge in [0.1, 0.15) is 5.75 Å². The summed E-state index contributed by atoms with van der Waals surface area (Å²) >= 11 is 6.46. The van der Waals surface area contributed by atoms with E-state index in [9.17, 15) is 9.59 Å². The van der Waals surface area contributed by atoms with Crippen molar-refractivity contribution in [2.75, 3.05) is 25.5 Å². The van der Waals surface area contributed by atoms with Crippen LogP contribution in [0.2, 0.25) is 5.02 Å². The molecule has 0 radical (unpaired) electrons. The molecule has 1 N–H and O–H groups in total. The van der Waals surface area contributed by atoms with Crippen LogP contribution in [-0.4, -0.2) is 41.5 Å². The number of aromatic nitrogens is 1. The summed E-state index contributed by atoms with van der Waals surface area (Å²) in [6.45, 7) is 1.48. The Morgan fingerprint density at radius 1 is 0.968 bits per heavy atom. The number of nitrogens with zero attached hydrogens (tertiary/aromatic N) is 2. The SMILES string of the molecule is COc1cc(-n2cccc2)c(Cl)cc1C(=O)Nc1ccccc1C(=O)N1CCCCC1. The van der Waals surface area contributed by atoms with Crippen molar-refractivity contribution in [3.8, 4) is 11.4 Å². The minimum absolute atomic E-state index is 0.0662. The molecule has 0 aliphatic carbocycles. The number of rotatable bonds is 5. The van der Waals surface area contributed by atoms with Crippen LogP contribution in [0.25, 0.3) is 5.69 Å². The highest BCUT2D eigenvalue weighted by atomic mass is 35.5. The molecule has 4 rings (SSSR count). The number of hydrogen-bond acceptors (Lipinski definition) is 3. The second kappa shape index (κ2) is 9.27. The van der Waals surface area contributed by atoms with E-state index in [0.29, 0.717) is 33.3 Å². The molecular formula is C24H24ClN3O3. The summed E-state index contributed by atoms with van der Waals surface area (Å²) in [5.41, 5.74) is 1.95. The third-order valence-electron chi connectivity index (χ3n) is 5.45. The largest absolute Gasteiger partial charge is 0.496 e. The second-order valence-electron chi connectivity index (χ2n) is 7.45. The lowest BCUT2D eigenvalue weighted by molar-refractivity contribution is 0.0725. The van der Waals surface area contributed by atoms with E-state index in [4.69, 9.17) is 16.3 Å². The molecule has 7 heteroatoms. The van der Waals surface area contributed by atoms with Gasteiger partial charge < -0.3 is 19.5 Å². The Balaban J connectivity index is 1.62. The van der Waals surface area contributed by atoms with Crippen LogP contribution >= 0.6 is 11.6 Å². The maximum atomic E-state index is 13.1. The molecule has 6 nitrogen and oxygen atoms in total. The normalized spacial score (nSPS) is 13.7. The average molecular weight is 438 g/mol. The van der Waals surface area contributed by atoms with Crippen molar-refractivity contribution >= 4 is 29.1 Å². The van der Waals surface area contributed by atoms with Gasteiger partial charge in [-0.05, 0) is 49.6 Å². The number of amides is 2. The number of halogens is 1. The molecule has 1 aromatic heterocycles. The zero-order chi connectivity index (χ0) is 21.8. The number of piperidine rings is 1. The van der Waals surface area contributed by atoms with Gasteiger partial charge in [0.05, 0.1) is 34.6 Å². The Labute approximate surface area is 186 Å². The first-order chi connectivity index (χ1) is 15.1. The lowest BCUT2D eigenvalue weighted by Gasteiger charge is -2.27. The molecule has 31 heavy (non-hydrogen) atoms. The Hall–Kier alpha value is -3.25. The van der Waals surface area contributed by atoms with Crippen molar-refractivity contribution in [2.24, 2.45) is 0 Å². The first-order valence-electron chi connectivity index (χ1n) is 10.3. The zero-order valence-electron chi connectivity index (χ0n) is 17.3. The standard InChI is InChI=1S/C24H24ClN3O3/c1-31-22-16-21(27-11-7-8-12-27)19(25)15-18(22)23(29)26-20-10-4-3-9-17(20)24(30)28-13-5-2-6-14-28/h3-4,7-12,15-16H,2,5-6,13-14H2,1H3,(H,26,29). The van der Waals surface area contributed by atoms with E-state index < -0.39 is 5.91 Å². The van der Waals surface area contributed by atoms with Crippen molar-refractivity contribution in [2.45, 2.75) is 19.3 Å². The smallest absolute Gasteiger partial charge is 0.259 e. The molecule has 0 unspecified atom stereocenters. The van der Waals surface area contributed by atoms with Gasteiger partial charge in [-0.3, -0.25) is 9.59 Å². The number of methoxy groups -OCH3 is 1. The Kier molecular flexibility index (Phi) is 6.28. The van der Waals surface area contributed by atoms with Crippen LogP contribution in [0.1, 0.15) is 40.0 Å². The first kappa shape index (κ1) is 21.0. The fraction of sp³-hybridized carbons (Fsp3) is 0.250. The van der Waals surface area contributed by atoms with E-state index in [1.54, 1.807) is 36.4 Å². The van der Waals surface area contributed by atoms with Gasteiger partial charge in [0.15, 0.2) is 0 Å². The molecule has 0 spiro atoms. The number of ether oxygens (including phenoxy) is 1. The summed E-state index contributed by atoms with van der Waals surface area (Å²) in [5.74, 6) is -0.0642. The highest BCUT2D eigenvalue weighted by Crippen LogP contribution is 2.31. The van der Waals surface area contributed by atoms with Crippen LogP contribution in [0.5, 0.6) is 5.75 Å². The average Bonchev–Trinajstić information content (AvgIpc) is 3.34. The summed E-state index contributed by atoms with van der Waals surface area (Å²) < 4.78 is 7.31. The van der Waals surface area contributed by atoms with Gasteiger partial charge in [0.2, 0.25) is 0 Å². The summed E-state index contributed by atoms with van der Waals surface area (Å²) in [7, 11) is 1.51. The van der Waals surface area contributed by atoms with Gasteiger partial charge in [0.25, 0.3) is 11.8 Å². The van der Waals surface area contributed by atoms with Crippen molar-refractivity contribution in [3.63, 3.8) is 0 Å². The number of nitrogens with one attached hydrogen (secondary N) is 1. The van der Waals surface area contributed by atoms with E-state index in [1.807, 2.05) is 34.0 Å². The maximum Gasteiger partial charge on any atom is 0.259 e. The Bertz CT molecular complexity index is 1090.